The van der Waals surface area contributed by atoms with E-state index < -0.39 is 40.0 Å². The maximum absolute atomic E-state index is 14.6. The van der Waals surface area contributed by atoms with Gasteiger partial charge in [0.05, 0.1) is 39.8 Å². The number of carbonyl (C=O) groups is 1. The van der Waals surface area contributed by atoms with Gasteiger partial charge in [-0.05, 0) is 43.3 Å². The van der Waals surface area contributed by atoms with Crippen molar-refractivity contribution in [2.45, 2.75) is 31.9 Å². The standard InChI is InChI=1S/C29H23F3N4O5S/c1-3-42(38,39)35-20-11-24-16(25(28(37)33-2)27(41-24)17-12-29(17,31)32)9-15(20)19-7-8-23-26(34-19)22-10-14-18(30)5-4-6-21(14)36(22)13-40-23/h4-11,17,35H,3,12-13H2,1-2H3,(H,33,37). The number of halogens is 3. The van der Waals surface area contributed by atoms with Crippen molar-refractivity contribution in [3.63, 3.8) is 0 Å². The molecule has 13 heteroatoms. The van der Waals surface area contributed by atoms with Crippen molar-refractivity contribution < 1.29 is 35.5 Å². The summed E-state index contributed by atoms with van der Waals surface area (Å²) in [6.07, 6.45) is -0.458. The number of nitrogens with zero attached hydrogens (tertiary/aromatic N) is 2. The van der Waals surface area contributed by atoms with Crippen molar-refractivity contribution in [2.75, 3.05) is 17.5 Å². The molecule has 1 saturated carbocycles. The van der Waals surface area contributed by atoms with Crippen LogP contribution in [0, 0.1) is 5.82 Å². The molecule has 5 aromatic rings. The number of aromatic nitrogens is 2. The van der Waals surface area contributed by atoms with Gasteiger partial charge in [0, 0.05) is 35.9 Å². The molecule has 0 radical (unpaired) electrons. The quantitative estimate of drug-likeness (QED) is 0.254. The first kappa shape index (κ1) is 26.4. The number of rotatable bonds is 6. The van der Waals surface area contributed by atoms with E-state index in [2.05, 4.69) is 10.0 Å². The molecule has 7 rings (SSSR count). The van der Waals surface area contributed by atoms with Gasteiger partial charge in [0.2, 0.25) is 10.0 Å². The van der Waals surface area contributed by atoms with Crippen LogP contribution in [-0.4, -0.2) is 42.6 Å². The third-order valence-corrected chi connectivity index (χ3v) is 9.01. The SMILES string of the molecule is CCS(=O)(=O)Nc1cc2oc(C3CC3(F)F)c(C(=O)NC)c2cc1-c1ccc2c(n1)-c1cc3c(F)cccc3n1CO2. The molecule has 1 unspecified atom stereocenters. The monoisotopic (exact) mass is 596 g/mol. The Morgan fingerprint density at radius 2 is 1.95 bits per heavy atom. The Kier molecular flexibility index (Phi) is 5.65. The molecule has 9 nitrogen and oxygen atoms in total. The van der Waals surface area contributed by atoms with Gasteiger partial charge in [-0.25, -0.2) is 26.6 Å². The lowest BCUT2D eigenvalue weighted by Gasteiger charge is -2.21. The average molecular weight is 597 g/mol. The molecule has 0 spiro atoms. The van der Waals surface area contributed by atoms with Gasteiger partial charge in [-0.2, -0.15) is 0 Å². The highest BCUT2D eigenvalue weighted by molar-refractivity contribution is 7.92. The number of nitrogens with one attached hydrogen (secondary N) is 2. The minimum absolute atomic E-state index is 0.0438. The van der Waals surface area contributed by atoms with Crippen LogP contribution in [0.5, 0.6) is 5.75 Å². The van der Waals surface area contributed by atoms with Crippen molar-refractivity contribution in [1.82, 2.24) is 14.9 Å². The van der Waals surface area contributed by atoms with Crippen molar-refractivity contribution in [2.24, 2.45) is 0 Å². The number of anilines is 1. The first-order valence-corrected chi connectivity index (χ1v) is 14.8. The van der Waals surface area contributed by atoms with E-state index >= 15 is 0 Å². The molecule has 0 saturated heterocycles. The van der Waals surface area contributed by atoms with Gasteiger partial charge < -0.3 is 19.0 Å². The molecule has 2 N–H and O–H groups in total. The largest absolute Gasteiger partial charge is 0.470 e. The van der Waals surface area contributed by atoms with E-state index in [1.165, 1.54) is 32.2 Å². The Hall–Kier alpha value is -4.52. The molecule has 42 heavy (non-hydrogen) atoms. The first-order valence-electron chi connectivity index (χ1n) is 13.1. The summed E-state index contributed by atoms with van der Waals surface area (Å²) in [6.45, 7) is 1.61. The number of hydrogen-bond donors (Lipinski definition) is 2. The Balaban J connectivity index is 1.46. The summed E-state index contributed by atoms with van der Waals surface area (Å²) in [5.74, 6) is -5.23. The number of ether oxygens (including phenoxy) is 1. The number of carbonyl (C=O) groups excluding carboxylic acids is 1. The maximum atomic E-state index is 14.6. The van der Waals surface area contributed by atoms with E-state index in [0.29, 0.717) is 33.7 Å². The van der Waals surface area contributed by atoms with E-state index in [1.54, 1.807) is 34.9 Å². The van der Waals surface area contributed by atoms with Crippen molar-refractivity contribution >= 4 is 43.5 Å². The molecule has 0 bridgehead atoms. The van der Waals surface area contributed by atoms with Crippen LogP contribution in [0.1, 0.15) is 35.4 Å². The maximum Gasteiger partial charge on any atom is 0.259 e. The van der Waals surface area contributed by atoms with Gasteiger partial charge in [-0.15, -0.1) is 0 Å². The van der Waals surface area contributed by atoms with Crippen LogP contribution in [0.3, 0.4) is 0 Å². The van der Waals surface area contributed by atoms with Crippen LogP contribution >= 0.6 is 0 Å². The predicted molar refractivity (Wildman–Crippen MR) is 150 cm³/mol. The zero-order valence-electron chi connectivity index (χ0n) is 22.3. The lowest BCUT2D eigenvalue weighted by Crippen LogP contribution is -2.19. The van der Waals surface area contributed by atoms with Gasteiger partial charge in [-0.3, -0.25) is 9.52 Å². The predicted octanol–water partition coefficient (Wildman–Crippen LogP) is 5.85. The summed E-state index contributed by atoms with van der Waals surface area (Å²) in [6, 6.07) is 12.6. The Bertz CT molecular complexity index is 2070. The van der Waals surface area contributed by atoms with Crippen LogP contribution in [0.15, 0.2) is 52.9 Å². The fraction of sp³-hybridized carbons (Fsp3) is 0.241. The Labute approximate surface area is 237 Å². The second kappa shape index (κ2) is 8.99. The average Bonchev–Trinajstić information content (AvgIpc) is 3.28. The molecule has 4 heterocycles. The van der Waals surface area contributed by atoms with Gasteiger partial charge in [0.15, 0.2) is 6.73 Å². The Morgan fingerprint density at radius 3 is 2.67 bits per heavy atom. The van der Waals surface area contributed by atoms with Gasteiger partial charge >= 0.3 is 0 Å². The molecule has 1 aliphatic heterocycles. The van der Waals surface area contributed by atoms with E-state index in [0.717, 1.165) is 0 Å². The summed E-state index contributed by atoms with van der Waals surface area (Å²) < 4.78 is 84.1. The third kappa shape index (κ3) is 4.02. The van der Waals surface area contributed by atoms with E-state index in [-0.39, 0.29) is 46.0 Å². The normalized spacial score (nSPS) is 17.0. The molecular formula is C29H23F3N4O5S. The summed E-state index contributed by atoms with van der Waals surface area (Å²) in [4.78, 5) is 17.7. The van der Waals surface area contributed by atoms with Crippen LogP contribution in [-0.2, 0) is 16.8 Å². The molecule has 1 amide bonds. The number of fused-ring (bicyclic) bond motifs is 6. The zero-order valence-corrected chi connectivity index (χ0v) is 23.1. The molecular weight excluding hydrogens is 573 g/mol. The highest BCUT2D eigenvalue weighted by Crippen LogP contribution is 2.58. The Morgan fingerprint density at radius 1 is 1.17 bits per heavy atom. The highest BCUT2D eigenvalue weighted by atomic mass is 32.2. The topological polar surface area (TPSA) is 115 Å². The molecule has 1 fully saturated rings. The first-order chi connectivity index (χ1) is 20.0. The fourth-order valence-electron chi connectivity index (χ4n) is 5.41. The summed E-state index contributed by atoms with van der Waals surface area (Å²) >= 11 is 0. The minimum atomic E-state index is -3.80. The second-order valence-electron chi connectivity index (χ2n) is 10.3. The molecule has 2 aliphatic rings. The van der Waals surface area contributed by atoms with E-state index in [1.807, 2.05) is 0 Å². The molecule has 1 atom stereocenters. The van der Waals surface area contributed by atoms with Crippen LogP contribution in [0.4, 0.5) is 18.9 Å². The number of alkyl halides is 2. The smallest absolute Gasteiger partial charge is 0.259 e. The number of pyridine rings is 1. The van der Waals surface area contributed by atoms with Gasteiger partial charge in [0.25, 0.3) is 11.8 Å². The summed E-state index contributed by atoms with van der Waals surface area (Å²) in [5, 5.41) is 3.10. The zero-order chi connectivity index (χ0) is 29.6. The fourth-order valence-corrected chi connectivity index (χ4v) is 6.06. The van der Waals surface area contributed by atoms with Crippen molar-refractivity contribution in [1.29, 1.82) is 0 Å². The number of amides is 1. The van der Waals surface area contributed by atoms with Gasteiger partial charge in [0.1, 0.15) is 28.6 Å². The third-order valence-electron chi connectivity index (χ3n) is 7.72. The van der Waals surface area contributed by atoms with E-state index in [4.69, 9.17) is 14.1 Å². The number of hydrogen-bond acceptors (Lipinski definition) is 6. The number of sulfonamides is 1. The number of benzene rings is 2. The second-order valence-corrected chi connectivity index (χ2v) is 12.3. The van der Waals surface area contributed by atoms with E-state index in [9.17, 15) is 26.4 Å². The van der Waals surface area contributed by atoms with Crippen LogP contribution in [0.25, 0.3) is 44.5 Å². The molecule has 2 aromatic carbocycles. The molecule has 216 valence electrons. The summed E-state index contributed by atoms with van der Waals surface area (Å²) in [5.41, 5.74) is 2.32. The van der Waals surface area contributed by atoms with Crippen molar-refractivity contribution in [3.05, 3.63) is 65.7 Å². The number of furan rings is 1. The summed E-state index contributed by atoms with van der Waals surface area (Å²) in [7, 11) is -2.41. The molecule has 3 aromatic heterocycles. The minimum Gasteiger partial charge on any atom is -0.470 e. The lowest BCUT2D eigenvalue weighted by atomic mass is 10.0. The molecule has 1 aliphatic carbocycles. The van der Waals surface area contributed by atoms with Crippen LogP contribution in [0.2, 0.25) is 0 Å². The highest BCUT2D eigenvalue weighted by Gasteiger charge is 2.60. The van der Waals surface area contributed by atoms with Crippen LogP contribution < -0.4 is 14.8 Å². The van der Waals surface area contributed by atoms with Crippen molar-refractivity contribution in [3.8, 4) is 28.4 Å². The lowest BCUT2D eigenvalue weighted by molar-refractivity contribution is 0.0957. The van der Waals surface area contributed by atoms with Gasteiger partial charge in [-0.1, -0.05) is 6.07 Å².